The summed E-state index contributed by atoms with van der Waals surface area (Å²) in [6.45, 7) is 17.9. The summed E-state index contributed by atoms with van der Waals surface area (Å²) >= 11 is 0. The van der Waals surface area contributed by atoms with Crippen LogP contribution in [0.4, 0.5) is 0 Å². The van der Waals surface area contributed by atoms with Gasteiger partial charge in [0.05, 0.1) is 23.6 Å². The lowest BCUT2D eigenvalue weighted by molar-refractivity contribution is -0.142. The zero-order valence-corrected chi connectivity index (χ0v) is 23.6. The molecule has 8 nitrogen and oxygen atoms in total. The molecule has 3 aliphatic rings. The monoisotopic (exact) mass is 492 g/mol. The van der Waals surface area contributed by atoms with Crippen LogP contribution >= 0.6 is 0 Å². The third kappa shape index (κ3) is 9.82. The van der Waals surface area contributed by atoms with Gasteiger partial charge in [0.1, 0.15) is 5.60 Å². The highest BCUT2D eigenvalue weighted by Gasteiger charge is 2.40. The number of rotatable bonds is 5. The SMILES string of the molecule is C/C=C(\N=NC)C1CC1.CC(=O)C1CC(O)CN1C(=O)C(C)C(C)(C)C.CCC1(C)CC(C)=NO1. The summed E-state index contributed by atoms with van der Waals surface area (Å²) in [5.74, 6) is 0.499. The second-order valence-electron chi connectivity index (χ2n) is 11.3. The summed E-state index contributed by atoms with van der Waals surface area (Å²) in [7, 11) is 1.71. The minimum atomic E-state index is -0.569. The van der Waals surface area contributed by atoms with E-state index in [0.717, 1.165) is 30.2 Å². The first kappa shape index (κ1) is 30.9. The summed E-state index contributed by atoms with van der Waals surface area (Å²) in [5.41, 5.74) is 2.15. The van der Waals surface area contributed by atoms with Crippen molar-refractivity contribution in [3.8, 4) is 0 Å². The zero-order valence-electron chi connectivity index (χ0n) is 23.6. The first-order chi connectivity index (χ1) is 16.2. The number of nitrogens with zero attached hydrogens (tertiary/aromatic N) is 4. The third-order valence-electron chi connectivity index (χ3n) is 7.01. The predicted octanol–water partition coefficient (Wildman–Crippen LogP) is 5.55. The maximum atomic E-state index is 12.3. The van der Waals surface area contributed by atoms with Crippen molar-refractivity contribution >= 4 is 17.4 Å². The smallest absolute Gasteiger partial charge is 0.226 e. The molecule has 8 heteroatoms. The molecule has 0 aromatic heterocycles. The van der Waals surface area contributed by atoms with Crippen LogP contribution in [-0.2, 0) is 14.4 Å². The van der Waals surface area contributed by atoms with Gasteiger partial charge in [0.25, 0.3) is 0 Å². The Balaban J connectivity index is 0.000000286. The number of aliphatic hydroxyl groups excluding tert-OH is 1. The molecule has 0 aromatic carbocycles. The highest BCUT2D eigenvalue weighted by molar-refractivity contribution is 5.89. The second-order valence-corrected chi connectivity index (χ2v) is 11.3. The number of ketones is 1. The molecule has 35 heavy (non-hydrogen) atoms. The van der Waals surface area contributed by atoms with Gasteiger partial charge in [0, 0.05) is 38.3 Å². The molecule has 1 saturated heterocycles. The molecule has 0 spiro atoms. The molecule has 200 valence electrons. The van der Waals surface area contributed by atoms with Gasteiger partial charge in [-0.3, -0.25) is 9.59 Å². The van der Waals surface area contributed by atoms with E-state index >= 15 is 0 Å². The van der Waals surface area contributed by atoms with Crippen LogP contribution in [0.3, 0.4) is 0 Å². The molecular weight excluding hydrogens is 444 g/mol. The van der Waals surface area contributed by atoms with Gasteiger partial charge in [0.15, 0.2) is 5.78 Å². The standard InChI is InChI=1S/C13H23NO3.C7H12N2.C7H13NO/c1-8(13(3,4)5)12(17)14-7-10(16)6-11(14)9(2)15;1-3-7(9-8-2)6-4-5-6;1-4-7(3)5-6(2)8-9-7/h8,10-11,16H,6-7H2,1-5H3;3,6H,4-5H2,1-2H3;4-5H2,1-3H3/b;7-3-,9-8?;. The van der Waals surface area contributed by atoms with E-state index in [-0.39, 0.29) is 35.2 Å². The second kappa shape index (κ2) is 13.3. The number of oxime groups is 1. The maximum Gasteiger partial charge on any atom is 0.226 e. The Hall–Kier alpha value is -2.09. The Morgan fingerprint density at radius 3 is 2.29 bits per heavy atom. The Bertz CT molecular complexity index is 810. The fourth-order valence-corrected chi connectivity index (χ4v) is 3.91. The summed E-state index contributed by atoms with van der Waals surface area (Å²) in [6, 6.07) is -0.442. The Kier molecular flexibility index (Phi) is 11.7. The van der Waals surface area contributed by atoms with Crippen molar-refractivity contribution in [2.75, 3.05) is 13.6 Å². The first-order valence-electron chi connectivity index (χ1n) is 12.9. The van der Waals surface area contributed by atoms with Crippen LogP contribution in [0.2, 0.25) is 0 Å². The van der Waals surface area contributed by atoms with E-state index in [4.69, 9.17) is 4.84 Å². The molecule has 0 radical (unpaired) electrons. The first-order valence-corrected chi connectivity index (χ1v) is 12.9. The molecule has 4 unspecified atom stereocenters. The predicted molar refractivity (Wildman–Crippen MR) is 140 cm³/mol. The molecule has 1 aliphatic carbocycles. The molecule has 2 heterocycles. The molecule has 2 fully saturated rings. The fraction of sp³-hybridized carbons (Fsp3) is 0.815. The van der Waals surface area contributed by atoms with Crippen molar-refractivity contribution in [3.63, 3.8) is 0 Å². The van der Waals surface area contributed by atoms with Crippen LogP contribution in [-0.4, -0.2) is 58.7 Å². The summed E-state index contributed by atoms with van der Waals surface area (Å²) in [4.78, 5) is 30.5. The largest absolute Gasteiger partial charge is 0.391 e. The van der Waals surface area contributed by atoms with Crippen LogP contribution in [0, 0.1) is 17.3 Å². The van der Waals surface area contributed by atoms with Crippen LogP contribution in [0.5, 0.6) is 0 Å². The van der Waals surface area contributed by atoms with Crippen molar-refractivity contribution in [2.45, 2.75) is 112 Å². The van der Waals surface area contributed by atoms with Crippen molar-refractivity contribution in [1.82, 2.24) is 4.90 Å². The molecule has 1 saturated carbocycles. The Labute approximate surface area is 212 Å². The van der Waals surface area contributed by atoms with Crippen LogP contribution in [0.1, 0.15) is 94.4 Å². The van der Waals surface area contributed by atoms with Gasteiger partial charge in [-0.1, -0.05) is 45.9 Å². The van der Waals surface area contributed by atoms with Crippen molar-refractivity contribution in [1.29, 1.82) is 0 Å². The van der Waals surface area contributed by atoms with Crippen LogP contribution in [0.15, 0.2) is 27.2 Å². The van der Waals surface area contributed by atoms with E-state index in [0.29, 0.717) is 6.42 Å². The highest BCUT2D eigenvalue weighted by Crippen LogP contribution is 2.37. The number of β-amino-alcohol motifs (C(OH)–C–C–N with tert-alkyl or cyclic N) is 1. The van der Waals surface area contributed by atoms with Crippen molar-refractivity contribution in [2.24, 2.45) is 32.6 Å². The number of carbonyl (C=O) groups is 2. The lowest BCUT2D eigenvalue weighted by Gasteiger charge is -2.32. The molecule has 1 amide bonds. The van der Waals surface area contributed by atoms with Gasteiger partial charge in [0.2, 0.25) is 5.91 Å². The van der Waals surface area contributed by atoms with Gasteiger partial charge in [-0.25, -0.2) is 0 Å². The van der Waals surface area contributed by atoms with E-state index in [1.807, 2.05) is 47.6 Å². The number of hydrogen-bond acceptors (Lipinski definition) is 7. The Morgan fingerprint density at radius 2 is 1.94 bits per heavy atom. The third-order valence-corrected chi connectivity index (χ3v) is 7.01. The quantitative estimate of drug-likeness (QED) is 0.508. The molecule has 4 atom stereocenters. The number of amides is 1. The van der Waals surface area contributed by atoms with E-state index in [2.05, 4.69) is 29.2 Å². The number of aliphatic hydroxyl groups is 1. The normalized spacial score (nSPS) is 27.3. The van der Waals surface area contributed by atoms with E-state index in [9.17, 15) is 14.7 Å². The topological polar surface area (TPSA) is 104 Å². The van der Waals surface area contributed by atoms with E-state index in [1.54, 1.807) is 11.9 Å². The summed E-state index contributed by atoms with van der Waals surface area (Å²) < 4.78 is 0. The number of hydrogen-bond donors (Lipinski definition) is 1. The lowest BCUT2D eigenvalue weighted by Crippen LogP contribution is -2.45. The number of allylic oxidation sites excluding steroid dienone is 2. The minimum absolute atomic E-state index is 0.00405. The highest BCUT2D eigenvalue weighted by atomic mass is 16.7. The van der Waals surface area contributed by atoms with Gasteiger partial charge in [-0.2, -0.15) is 10.2 Å². The molecule has 1 N–H and O–H groups in total. The number of carbonyl (C=O) groups excluding carboxylic acids is 2. The zero-order chi connectivity index (χ0) is 27.0. The average Bonchev–Trinajstić information content (AvgIpc) is 3.46. The molecule has 2 aliphatic heterocycles. The summed E-state index contributed by atoms with van der Waals surface area (Å²) in [6.07, 6.45) is 6.48. The summed E-state index contributed by atoms with van der Waals surface area (Å²) in [5, 5.41) is 21.2. The van der Waals surface area contributed by atoms with Gasteiger partial charge < -0.3 is 14.8 Å². The fourth-order valence-electron chi connectivity index (χ4n) is 3.91. The lowest BCUT2D eigenvalue weighted by atomic mass is 9.81. The maximum absolute atomic E-state index is 12.3. The van der Waals surface area contributed by atoms with Gasteiger partial charge in [-0.05, 0) is 52.4 Å². The van der Waals surface area contributed by atoms with Crippen molar-refractivity contribution < 1.29 is 19.5 Å². The van der Waals surface area contributed by atoms with Gasteiger partial charge >= 0.3 is 0 Å². The molecule has 0 bridgehead atoms. The average molecular weight is 493 g/mol. The Morgan fingerprint density at radius 1 is 1.34 bits per heavy atom. The number of azo groups is 1. The molecular formula is C27H48N4O4. The van der Waals surface area contributed by atoms with Crippen LogP contribution < -0.4 is 0 Å². The number of Topliss-reactive ketones (excluding diaryl/α,β-unsaturated/α-hetero) is 1. The van der Waals surface area contributed by atoms with E-state index in [1.165, 1.54) is 19.8 Å². The van der Waals surface area contributed by atoms with Crippen LogP contribution in [0.25, 0.3) is 0 Å². The minimum Gasteiger partial charge on any atom is -0.391 e. The molecule has 3 rings (SSSR count). The number of likely N-dealkylation sites (tertiary alicyclic amines) is 1. The van der Waals surface area contributed by atoms with Crippen molar-refractivity contribution in [3.05, 3.63) is 11.8 Å². The van der Waals surface area contributed by atoms with Gasteiger partial charge in [-0.15, -0.1) is 0 Å². The van der Waals surface area contributed by atoms with E-state index < -0.39 is 12.1 Å². The molecule has 0 aromatic rings.